The predicted octanol–water partition coefficient (Wildman–Crippen LogP) is 3.21. The van der Waals surface area contributed by atoms with Gasteiger partial charge in [-0.25, -0.2) is 0 Å². The van der Waals surface area contributed by atoms with Crippen LogP contribution in [0.4, 0.5) is 0 Å². The van der Waals surface area contributed by atoms with Gasteiger partial charge in [-0.15, -0.1) is 0 Å². The van der Waals surface area contributed by atoms with E-state index in [2.05, 4.69) is 0 Å². The molecule has 0 aromatic heterocycles. The topological polar surface area (TPSA) is 66.9 Å². The van der Waals surface area contributed by atoms with Crippen molar-refractivity contribution >= 4 is 17.7 Å². The molecule has 31 heavy (non-hydrogen) atoms. The highest BCUT2D eigenvalue weighted by Gasteiger charge is 2.54. The van der Waals surface area contributed by atoms with E-state index in [-0.39, 0.29) is 36.7 Å². The van der Waals surface area contributed by atoms with Gasteiger partial charge in [0.25, 0.3) is 0 Å². The summed E-state index contributed by atoms with van der Waals surface area (Å²) in [4.78, 5) is 43.2. The Bertz CT molecular complexity index is 844. The van der Waals surface area contributed by atoms with Gasteiger partial charge in [0.1, 0.15) is 0 Å². The van der Waals surface area contributed by atoms with Crippen molar-refractivity contribution in [2.45, 2.75) is 70.3 Å². The van der Waals surface area contributed by atoms with Crippen molar-refractivity contribution in [2.75, 3.05) is 26.2 Å². The van der Waals surface area contributed by atoms with Gasteiger partial charge >= 0.3 is 0 Å². The van der Waals surface area contributed by atoms with Crippen molar-refractivity contribution in [2.24, 2.45) is 5.92 Å². The number of rotatable bonds is 8. The maximum absolute atomic E-state index is 13.7. The van der Waals surface area contributed by atoms with Crippen molar-refractivity contribution < 1.29 is 19.1 Å². The van der Waals surface area contributed by atoms with Crippen LogP contribution in [0.1, 0.15) is 63.0 Å². The van der Waals surface area contributed by atoms with E-state index in [4.69, 9.17) is 4.74 Å². The number of likely N-dealkylation sites (N-methyl/N-ethyl adjacent to an activating group) is 1. The van der Waals surface area contributed by atoms with E-state index in [1.807, 2.05) is 43.0 Å². The highest BCUT2D eigenvalue weighted by Crippen LogP contribution is 2.42. The lowest BCUT2D eigenvalue weighted by Gasteiger charge is -2.36. The number of carbonyl (C=O) groups is 3. The molecular formula is C25H34N2O4. The zero-order chi connectivity index (χ0) is 22.0. The van der Waals surface area contributed by atoms with Gasteiger partial charge in [-0.3, -0.25) is 19.3 Å². The standard InChI is InChI=1S/C25H34N2O4/c1-3-27-23(29)15-25(24(27)30,21-12-5-4-8-18(21)2)14-22(28)26(16-19-9-6-10-19)17-20-11-7-13-31-20/h4-5,8,12,19-20H,3,6-7,9-11,13-17H2,1-2H3/t20-,25+/m1/s1. The second kappa shape index (κ2) is 9.11. The molecule has 0 radical (unpaired) electrons. The molecule has 0 spiro atoms. The van der Waals surface area contributed by atoms with Crippen molar-refractivity contribution in [1.29, 1.82) is 0 Å². The van der Waals surface area contributed by atoms with Crippen LogP contribution in [-0.4, -0.2) is 59.9 Å². The van der Waals surface area contributed by atoms with Gasteiger partial charge in [-0.05, 0) is 56.6 Å². The number of imide groups is 1. The first-order valence-corrected chi connectivity index (χ1v) is 11.7. The molecule has 3 aliphatic rings. The molecule has 0 bridgehead atoms. The number of carbonyl (C=O) groups excluding carboxylic acids is 3. The fraction of sp³-hybridized carbons (Fsp3) is 0.640. The molecule has 2 saturated heterocycles. The molecule has 4 rings (SSSR count). The van der Waals surface area contributed by atoms with Gasteiger partial charge in [0.15, 0.2) is 0 Å². The summed E-state index contributed by atoms with van der Waals surface area (Å²) >= 11 is 0. The van der Waals surface area contributed by atoms with Crippen LogP contribution in [0.15, 0.2) is 24.3 Å². The van der Waals surface area contributed by atoms with Crippen molar-refractivity contribution in [1.82, 2.24) is 9.80 Å². The van der Waals surface area contributed by atoms with Crippen molar-refractivity contribution in [3.05, 3.63) is 35.4 Å². The summed E-state index contributed by atoms with van der Waals surface area (Å²) in [5.41, 5.74) is 0.640. The monoisotopic (exact) mass is 426 g/mol. The number of likely N-dealkylation sites (tertiary alicyclic amines) is 1. The van der Waals surface area contributed by atoms with Crippen LogP contribution in [0, 0.1) is 12.8 Å². The first kappa shape index (κ1) is 22.0. The molecule has 1 aromatic carbocycles. The van der Waals surface area contributed by atoms with Gasteiger partial charge in [0.2, 0.25) is 17.7 Å². The second-order valence-electron chi connectivity index (χ2n) is 9.42. The lowest BCUT2D eigenvalue weighted by atomic mass is 9.73. The number of aryl methyl sites for hydroxylation is 1. The number of hydrogen-bond acceptors (Lipinski definition) is 4. The zero-order valence-corrected chi connectivity index (χ0v) is 18.8. The van der Waals surface area contributed by atoms with Crippen LogP contribution >= 0.6 is 0 Å². The average molecular weight is 427 g/mol. The minimum absolute atomic E-state index is 0.0373. The highest BCUT2D eigenvalue weighted by molar-refractivity contribution is 6.10. The van der Waals surface area contributed by atoms with Gasteiger partial charge in [-0.1, -0.05) is 30.7 Å². The molecule has 1 aliphatic carbocycles. The van der Waals surface area contributed by atoms with Crippen LogP contribution in [0.5, 0.6) is 0 Å². The Kier molecular flexibility index (Phi) is 6.47. The first-order chi connectivity index (χ1) is 14.9. The first-order valence-electron chi connectivity index (χ1n) is 11.7. The second-order valence-corrected chi connectivity index (χ2v) is 9.42. The van der Waals surface area contributed by atoms with Crippen molar-refractivity contribution in [3.63, 3.8) is 0 Å². The molecule has 6 nitrogen and oxygen atoms in total. The molecular weight excluding hydrogens is 392 g/mol. The molecule has 3 amide bonds. The van der Waals surface area contributed by atoms with Crippen LogP contribution < -0.4 is 0 Å². The zero-order valence-electron chi connectivity index (χ0n) is 18.8. The Morgan fingerprint density at radius 3 is 2.52 bits per heavy atom. The Morgan fingerprint density at radius 1 is 1.16 bits per heavy atom. The van der Waals surface area contributed by atoms with Gasteiger partial charge in [0.05, 0.1) is 11.5 Å². The van der Waals surface area contributed by atoms with Crippen LogP contribution in [0.25, 0.3) is 0 Å². The van der Waals surface area contributed by atoms with E-state index in [9.17, 15) is 14.4 Å². The summed E-state index contributed by atoms with van der Waals surface area (Å²) in [5, 5.41) is 0. The smallest absolute Gasteiger partial charge is 0.240 e. The van der Waals surface area contributed by atoms with Gasteiger partial charge in [0, 0.05) is 39.1 Å². The van der Waals surface area contributed by atoms with E-state index in [1.165, 1.54) is 11.3 Å². The number of nitrogens with zero attached hydrogens (tertiary/aromatic N) is 2. The summed E-state index contributed by atoms with van der Waals surface area (Å²) < 4.78 is 5.82. The normalized spacial score (nSPS) is 26.4. The fourth-order valence-electron chi connectivity index (χ4n) is 5.34. The summed E-state index contributed by atoms with van der Waals surface area (Å²) in [6.07, 6.45) is 5.70. The Hall–Kier alpha value is -2.21. The van der Waals surface area contributed by atoms with Gasteiger partial charge in [-0.2, -0.15) is 0 Å². The third kappa shape index (κ3) is 4.27. The van der Waals surface area contributed by atoms with E-state index >= 15 is 0 Å². The van der Waals surface area contributed by atoms with Gasteiger partial charge < -0.3 is 9.64 Å². The van der Waals surface area contributed by atoms with E-state index in [0.717, 1.165) is 50.0 Å². The number of hydrogen-bond donors (Lipinski definition) is 0. The molecule has 6 heteroatoms. The number of amides is 3. The lowest BCUT2D eigenvalue weighted by molar-refractivity contribution is -0.143. The minimum Gasteiger partial charge on any atom is -0.376 e. The van der Waals surface area contributed by atoms with E-state index < -0.39 is 5.41 Å². The van der Waals surface area contributed by atoms with Crippen molar-refractivity contribution in [3.8, 4) is 0 Å². The van der Waals surface area contributed by atoms with Crippen LogP contribution in [-0.2, 0) is 24.5 Å². The summed E-state index contributed by atoms with van der Waals surface area (Å²) in [6.45, 7) is 6.15. The summed E-state index contributed by atoms with van der Waals surface area (Å²) in [6, 6.07) is 7.67. The molecule has 2 heterocycles. The van der Waals surface area contributed by atoms with E-state index in [0.29, 0.717) is 19.0 Å². The number of benzene rings is 1. The Morgan fingerprint density at radius 2 is 1.94 bits per heavy atom. The quantitative estimate of drug-likeness (QED) is 0.599. The summed E-state index contributed by atoms with van der Waals surface area (Å²) in [7, 11) is 0. The van der Waals surface area contributed by atoms with E-state index in [1.54, 1.807) is 0 Å². The molecule has 2 aliphatic heterocycles. The molecule has 0 N–H and O–H groups in total. The predicted molar refractivity (Wildman–Crippen MR) is 117 cm³/mol. The highest BCUT2D eigenvalue weighted by atomic mass is 16.5. The third-order valence-corrected chi connectivity index (χ3v) is 7.34. The molecule has 3 fully saturated rings. The third-order valence-electron chi connectivity index (χ3n) is 7.34. The number of ether oxygens (including phenoxy) is 1. The molecule has 2 atom stereocenters. The largest absolute Gasteiger partial charge is 0.376 e. The molecule has 1 saturated carbocycles. The Labute approximate surface area is 184 Å². The maximum Gasteiger partial charge on any atom is 0.240 e. The van der Waals surface area contributed by atoms with Crippen LogP contribution in [0.2, 0.25) is 0 Å². The molecule has 1 aromatic rings. The molecule has 168 valence electrons. The Balaban J connectivity index is 1.63. The SMILES string of the molecule is CCN1C(=O)C[C@@](CC(=O)N(CC2CCC2)C[C@H]2CCCO2)(c2ccccc2C)C1=O. The molecule has 0 unspecified atom stereocenters. The average Bonchev–Trinajstić information content (AvgIpc) is 3.30. The summed E-state index contributed by atoms with van der Waals surface area (Å²) in [5.74, 6) is 0.0779. The maximum atomic E-state index is 13.7. The van der Waals surface area contributed by atoms with Crippen LogP contribution in [0.3, 0.4) is 0 Å². The minimum atomic E-state index is -1.11. The lowest BCUT2D eigenvalue weighted by Crippen LogP contribution is -2.47. The fourth-order valence-corrected chi connectivity index (χ4v) is 5.34.